The van der Waals surface area contributed by atoms with Gasteiger partial charge in [-0.25, -0.2) is 0 Å². The molecular weight excluding hydrogens is 281 g/mol. The summed E-state index contributed by atoms with van der Waals surface area (Å²) in [6.07, 6.45) is 6.05. The highest BCUT2D eigenvalue weighted by atomic mass is 35.5. The number of rotatable bonds is 2. The van der Waals surface area contributed by atoms with E-state index in [1.807, 2.05) is 0 Å². The number of pyridine rings is 1. The second-order valence-electron chi connectivity index (χ2n) is 5.95. The molecule has 0 aliphatic carbocycles. The van der Waals surface area contributed by atoms with Crippen LogP contribution in [0.5, 0.6) is 0 Å². The summed E-state index contributed by atoms with van der Waals surface area (Å²) in [5, 5.41) is 4.94. The van der Waals surface area contributed by atoms with Crippen LogP contribution in [0, 0.1) is 11.8 Å². The monoisotopic (exact) mass is 297 g/mol. The Labute approximate surface area is 123 Å². The topological polar surface area (TPSA) is 28.2 Å². The van der Waals surface area contributed by atoms with Crippen molar-refractivity contribution >= 4 is 23.2 Å². The third-order valence-corrected chi connectivity index (χ3v) is 5.85. The molecule has 3 fully saturated rings. The Morgan fingerprint density at radius 1 is 1.11 bits per heavy atom. The van der Waals surface area contributed by atoms with Crippen LogP contribution >= 0.6 is 23.2 Å². The molecule has 102 valence electrons. The third kappa shape index (κ3) is 1.83. The maximum Gasteiger partial charge on any atom is 0.0649 e. The third-order valence-electron chi connectivity index (χ3n) is 5.20. The highest BCUT2D eigenvalue weighted by Crippen LogP contribution is 2.48. The van der Waals surface area contributed by atoms with Gasteiger partial charge in [0.25, 0.3) is 0 Å². The van der Waals surface area contributed by atoms with Gasteiger partial charge < -0.3 is 5.32 Å². The van der Waals surface area contributed by atoms with Gasteiger partial charge in [-0.1, -0.05) is 23.2 Å². The lowest BCUT2D eigenvalue weighted by Crippen LogP contribution is -2.33. The molecule has 0 spiro atoms. The number of hydrogen-bond donors (Lipinski definition) is 1. The standard InChI is InChI=1S/C14H17Cl2N3/c15-11-5-18-6-12(16)10(11)7-19-13-1-2-14(19)9-4-17-3-8(9)13/h5-6,8-9,13-14,17H,1-4,7H2. The number of nitrogens with one attached hydrogen (secondary N) is 1. The lowest BCUT2D eigenvalue weighted by molar-refractivity contribution is 0.218. The number of nitrogens with zero attached hydrogens (tertiary/aromatic N) is 2. The van der Waals surface area contributed by atoms with Crippen LogP contribution in [0.1, 0.15) is 18.4 Å². The largest absolute Gasteiger partial charge is 0.316 e. The maximum absolute atomic E-state index is 6.26. The van der Waals surface area contributed by atoms with E-state index in [0.29, 0.717) is 22.1 Å². The van der Waals surface area contributed by atoms with Crippen molar-refractivity contribution in [1.29, 1.82) is 0 Å². The van der Waals surface area contributed by atoms with E-state index in [1.165, 1.54) is 25.9 Å². The van der Waals surface area contributed by atoms with Crippen LogP contribution in [0.2, 0.25) is 10.0 Å². The van der Waals surface area contributed by atoms with Gasteiger partial charge in [0.05, 0.1) is 10.0 Å². The van der Waals surface area contributed by atoms with Gasteiger partial charge in [0.1, 0.15) is 0 Å². The lowest BCUT2D eigenvalue weighted by Gasteiger charge is -2.25. The predicted octanol–water partition coefficient (Wildman–Crippen LogP) is 2.57. The fourth-order valence-electron chi connectivity index (χ4n) is 4.41. The van der Waals surface area contributed by atoms with Crippen molar-refractivity contribution in [3.63, 3.8) is 0 Å². The average Bonchev–Trinajstić information content (AvgIpc) is 3.06. The first kappa shape index (κ1) is 12.4. The molecule has 19 heavy (non-hydrogen) atoms. The van der Waals surface area contributed by atoms with Crippen LogP contribution in [0.3, 0.4) is 0 Å². The molecule has 3 saturated heterocycles. The van der Waals surface area contributed by atoms with Crippen molar-refractivity contribution < 1.29 is 0 Å². The van der Waals surface area contributed by atoms with Gasteiger partial charge in [0.2, 0.25) is 0 Å². The Kier molecular flexibility index (Phi) is 2.99. The van der Waals surface area contributed by atoms with Crippen molar-refractivity contribution in [2.75, 3.05) is 13.1 Å². The Morgan fingerprint density at radius 2 is 1.68 bits per heavy atom. The number of hydrogen-bond acceptors (Lipinski definition) is 3. The molecule has 4 rings (SSSR count). The summed E-state index contributed by atoms with van der Waals surface area (Å²) in [7, 11) is 0. The van der Waals surface area contributed by atoms with Gasteiger partial charge in [0, 0.05) is 36.6 Å². The first-order valence-corrected chi connectivity index (χ1v) is 7.75. The molecule has 0 amide bonds. The fraction of sp³-hybridized carbons (Fsp3) is 0.643. The second-order valence-corrected chi connectivity index (χ2v) is 6.77. The quantitative estimate of drug-likeness (QED) is 0.909. The highest BCUT2D eigenvalue weighted by molar-refractivity contribution is 6.35. The smallest absolute Gasteiger partial charge is 0.0649 e. The van der Waals surface area contributed by atoms with E-state index in [4.69, 9.17) is 23.2 Å². The second kappa shape index (κ2) is 4.59. The molecule has 4 heterocycles. The van der Waals surface area contributed by atoms with E-state index in [-0.39, 0.29) is 0 Å². The summed E-state index contributed by atoms with van der Waals surface area (Å²) in [6.45, 7) is 3.24. The molecule has 1 aromatic rings. The van der Waals surface area contributed by atoms with Gasteiger partial charge >= 0.3 is 0 Å². The molecule has 2 bridgehead atoms. The van der Waals surface area contributed by atoms with Gasteiger partial charge in [-0.15, -0.1) is 0 Å². The number of aromatic nitrogens is 1. The molecule has 0 saturated carbocycles. The molecule has 3 aliphatic heterocycles. The summed E-state index contributed by atoms with van der Waals surface area (Å²) in [5.41, 5.74) is 1.04. The molecule has 1 aromatic heterocycles. The predicted molar refractivity (Wildman–Crippen MR) is 76.5 cm³/mol. The summed E-state index contributed by atoms with van der Waals surface area (Å²) in [5.74, 6) is 1.66. The molecule has 3 aliphatic rings. The van der Waals surface area contributed by atoms with E-state index in [2.05, 4.69) is 15.2 Å². The number of halogens is 2. The van der Waals surface area contributed by atoms with E-state index in [9.17, 15) is 0 Å². The van der Waals surface area contributed by atoms with Crippen molar-refractivity contribution in [2.24, 2.45) is 11.8 Å². The van der Waals surface area contributed by atoms with Gasteiger partial charge in [-0.2, -0.15) is 0 Å². The highest BCUT2D eigenvalue weighted by Gasteiger charge is 2.54. The molecule has 0 aromatic carbocycles. The van der Waals surface area contributed by atoms with Crippen molar-refractivity contribution in [2.45, 2.75) is 31.5 Å². The Hall–Kier alpha value is -0.350. The Morgan fingerprint density at radius 3 is 2.26 bits per heavy atom. The first-order chi connectivity index (χ1) is 9.25. The molecule has 1 N–H and O–H groups in total. The Balaban J connectivity index is 1.61. The minimum atomic E-state index is 0.696. The molecule has 3 nitrogen and oxygen atoms in total. The summed E-state index contributed by atoms with van der Waals surface area (Å²) < 4.78 is 0. The van der Waals surface area contributed by atoms with Crippen LogP contribution in [0.4, 0.5) is 0 Å². The van der Waals surface area contributed by atoms with Crippen LogP contribution < -0.4 is 5.32 Å². The summed E-state index contributed by atoms with van der Waals surface area (Å²) >= 11 is 12.5. The minimum absolute atomic E-state index is 0.696. The van der Waals surface area contributed by atoms with Crippen molar-refractivity contribution in [1.82, 2.24) is 15.2 Å². The van der Waals surface area contributed by atoms with E-state index < -0.39 is 0 Å². The SMILES string of the molecule is Clc1cncc(Cl)c1CN1C2CCC1C1CNCC12. The molecular formula is C14H17Cl2N3. The Bertz CT molecular complexity index is 469. The zero-order valence-electron chi connectivity index (χ0n) is 10.6. The normalized spacial score (nSPS) is 36.9. The van der Waals surface area contributed by atoms with Crippen LogP contribution in [-0.4, -0.2) is 35.1 Å². The van der Waals surface area contributed by atoms with Crippen LogP contribution in [-0.2, 0) is 6.54 Å². The maximum atomic E-state index is 6.26. The van der Waals surface area contributed by atoms with Crippen molar-refractivity contribution in [3.8, 4) is 0 Å². The van der Waals surface area contributed by atoms with Crippen molar-refractivity contribution in [3.05, 3.63) is 28.0 Å². The summed E-state index contributed by atoms with van der Waals surface area (Å²) in [6, 6.07) is 1.43. The van der Waals surface area contributed by atoms with E-state index >= 15 is 0 Å². The number of fused-ring (bicyclic) bond motifs is 5. The van der Waals surface area contributed by atoms with Gasteiger partial charge in [-0.3, -0.25) is 9.88 Å². The average molecular weight is 298 g/mol. The van der Waals surface area contributed by atoms with Crippen LogP contribution in [0.15, 0.2) is 12.4 Å². The fourth-order valence-corrected chi connectivity index (χ4v) is 4.89. The molecule has 4 atom stereocenters. The van der Waals surface area contributed by atoms with Crippen LogP contribution in [0.25, 0.3) is 0 Å². The van der Waals surface area contributed by atoms with Gasteiger partial charge in [-0.05, 0) is 37.8 Å². The van der Waals surface area contributed by atoms with Gasteiger partial charge in [0.15, 0.2) is 0 Å². The zero-order valence-corrected chi connectivity index (χ0v) is 12.2. The molecule has 5 heteroatoms. The lowest BCUT2D eigenvalue weighted by atomic mass is 9.82. The molecule has 0 radical (unpaired) electrons. The first-order valence-electron chi connectivity index (χ1n) is 7.00. The summed E-state index contributed by atoms with van der Waals surface area (Å²) in [4.78, 5) is 6.68. The molecule has 4 unspecified atom stereocenters. The van der Waals surface area contributed by atoms with E-state index in [0.717, 1.165) is 23.9 Å². The zero-order chi connectivity index (χ0) is 13.0. The van der Waals surface area contributed by atoms with E-state index in [1.54, 1.807) is 12.4 Å². The minimum Gasteiger partial charge on any atom is -0.316 e.